The highest BCUT2D eigenvalue weighted by molar-refractivity contribution is 6.03. The van der Waals surface area contributed by atoms with Crippen LogP contribution in [0.15, 0.2) is 100 Å². The summed E-state index contributed by atoms with van der Waals surface area (Å²) in [6.07, 6.45) is 6.03. The van der Waals surface area contributed by atoms with Crippen molar-refractivity contribution in [1.29, 1.82) is 0 Å². The molecule has 0 radical (unpaired) electrons. The Morgan fingerprint density at radius 1 is 0.839 bits per heavy atom. The van der Waals surface area contributed by atoms with Crippen LogP contribution in [0.4, 0.5) is 0 Å². The standard InChI is InChI=1S/C26H20N4O/c1-2-10-25-22(7-1)14-21(16-27-25)18-31-24-9-4-6-20(15-24)12-11-19-5-3-8-23(13-19)26-17-28-30-29-26/h1-16H,17-18H2/b12-11+. The minimum atomic E-state index is 0.477. The van der Waals surface area contributed by atoms with Crippen molar-refractivity contribution in [3.05, 3.63) is 107 Å². The zero-order chi connectivity index (χ0) is 20.9. The third-order valence-corrected chi connectivity index (χ3v) is 5.05. The molecule has 1 aromatic heterocycles. The van der Waals surface area contributed by atoms with E-state index in [1.165, 1.54) is 0 Å². The van der Waals surface area contributed by atoms with Gasteiger partial charge in [0.25, 0.3) is 0 Å². The van der Waals surface area contributed by atoms with Gasteiger partial charge in [0, 0.05) is 22.7 Å². The second kappa shape index (κ2) is 8.71. The van der Waals surface area contributed by atoms with E-state index < -0.39 is 0 Å². The minimum absolute atomic E-state index is 0.477. The van der Waals surface area contributed by atoms with Crippen molar-refractivity contribution in [3.8, 4) is 5.75 Å². The third kappa shape index (κ3) is 4.56. The van der Waals surface area contributed by atoms with Crippen molar-refractivity contribution in [2.75, 3.05) is 6.54 Å². The molecule has 31 heavy (non-hydrogen) atoms. The van der Waals surface area contributed by atoms with E-state index in [0.29, 0.717) is 13.2 Å². The molecule has 0 aliphatic carbocycles. The lowest BCUT2D eigenvalue weighted by atomic mass is 10.1. The summed E-state index contributed by atoms with van der Waals surface area (Å²) in [5.41, 5.74) is 6.15. The third-order valence-electron chi connectivity index (χ3n) is 5.05. The number of para-hydroxylation sites is 1. The van der Waals surface area contributed by atoms with Crippen LogP contribution >= 0.6 is 0 Å². The smallest absolute Gasteiger partial charge is 0.120 e. The average molecular weight is 404 g/mol. The summed E-state index contributed by atoms with van der Waals surface area (Å²) in [6.45, 7) is 1.02. The molecular weight excluding hydrogens is 384 g/mol. The zero-order valence-corrected chi connectivity index (χ0v) is 16.8. The molecule has 3 aromatic carbocycles. The molecule has 0 spiro atoms. The van der Waals surface area contributed by atoms with Crippen molar-refractivity contribution in [3.63, 3.8) is 0 Å². The predicted octanol–water partition coefficient (Wildman–Crippen LogP) is 6.15. The van der Waals surface area contributed by atoms with E-state index in [0.717, 1.165) is 44.6 Å². The first-order valence-corrected chi connectivity index (χ1v) is 10.1. The van der Waals surface area contributed by atoms with Crippen LogP contribution in [-0.2, 0) is 6.61 Å². The quantitative estimate of drug-likeness (QED) is 0.362. The highest BCUT2D eigenvalue weighted by Crippen LogP contribution is 2.19. The van der Waals surface area contributed by atoms with Crippen LogP contribution < -0.4 is 4.74 Å². The van der Waals surface area contributed by atoms with Gasteiger partial charge in [-0.15, -0.1) is 5.10 Å². The summed E-state index contributed by atoms with van der Waals surface area (Å²) in [5.74, 6) is 0.826. The molecule has 5 rings (SSSR count). The first-order chi connectivity index (χ1) is 15.3. The number of ether oxygens (including phenoxy) is 1. The summed E-state index contributed by atoms with van der Waals surface area (Å²) in [4.78, 5) is 4.50. The number of aromatic nitrogens is 1. The Labute approximate surface area is 180 Å². The Balaban J connectivity index is 1.27. The van der Waals surface area contributed by atoms with Gasteiger partial charge < -0.3 is 4.74 Å². The molecule has 0 bridgehead atoms. The van der Waals surface area contributed by atoms with Crippen LogP contribution in [0.25, 0.3) is 23.1 Å². The number of benzene rings is 3. The van der Waals surface area contributed by atoms with Gasteiger partial charge in [0.1, 0.15) is 18.9 Å². The molecule has 0 N–H and O–H groups in total. The van der Waals surface area contributed by atoms with E-state index in [-0.39, 0.29) is 0 Å². The van der Waals surface area contributed by atoms with Gasteiger partial charge in [0.05, 0.1) is 11.2 Å². The van der Waals surface area contributed by atoms with E-state index in [2.05, 4.69) is 62.9 Å². The lowest BCUT2D eigenvalue weighted by molar-refractivity contribution is 0.306. The van der Waals surface area contributed by atoms with Crippen molar-refractivity contribution < 1.29 is 4.74 Å². The maximum atomic E-state index is 6.01. The van der Waals surface area contributed by atoms with Gasteiger partial charge in [-0.1, -0.05) is 60.7 Å². The lowest BCUT2D eigenvalue weighted by Gasteiger charge is -2.08. The van der Waals surface area contributed by atoms with E-state index in [9.17, 15) is 0 Å². The SMILES string of the molecule is C(=C\c1cccc(C2=NN=NC2)c1)/c1cccc(OCc2cnc3ccccc3c2)c1. The molecule has 5 heteroatoms. The fourth-order valence-electron chi connectivity index (χ4n) is 3.45. The highest BCUT2D eigenvalue weighted by atomic mass is 16.5. The monoisotopic (exact) mass is 404 g/mol. The molecule has 1 aliphatic rings. The van der Waals surface area contributed by atoms with Gasteiger partial charge in [-0.2, -0.15) is 5.11 Å². The Morgan fingerprint density at radius 2 is 1.68 bits per heavy atom. The van der Waals surface area contributed by atoms with E-state index in [1.54, 1.807) is 0 Å². The molecule has 0 atom stereocenters. The molecule has 0 saturated carbocycles. The van der Waals surface area contributed by atoms with Gasteiger partial charge in [-0.3, -0.25) is 4.98 Å². The van der Waals surface area contributed by atoms with E-state index >= 15 is 0 Å². The van der Waals surface area contributed by atoms with Crippen LogP contribution in [0.2, 0.25) is 0 Å². The largest absolute Gasteiger partial charge is 0.489 e. The number of hydrogen-bond donors (Lipinski definition) is 0. The number of rotatable bonds is 6. The molecule has 0 fully saturated rings. The maximum absolute atomic E-state index is 6.01. The van der Waals surface area contributed by atoms with E-state index in [4.69, 9.17) is 4.74 Å². The van der Waals surface area contributed by atoms with Gasteiger partial charge in [-0.25, -0.2) is 0 Å². The number of hydrogen-bond acceptors (Lipinski definition) is 5. The van der Waals surface area contributed by atoms with Crippen molar-refractivity contribution in [2.24, 2.45) is 15.4 Å². The first kappa shape index (κ1) is 18.9. The molecule has 2 heterocycles. The summed E-state index contributed by atoms with van der Waals surface area (Å²) >= 11 is 0. The second-order valence-electron chi connectivity index (χ2n) is 7.29. The number of pyridine rings is 1. The average Bonchev–Trinajstić information content (AvgIpc) is 3.37. The summed E-state index contributed by atoms with van der Waals surface area (Å²) in [7, 11) is 0. The minimum Gasteiger partial charge on any atom is -0.489 e. The van der Waals surface area contributed by atoms with Crippen LogP contribution in [0.1, 0.15) is 22.3 Å². The van der Waals surface area contributed by atoms with Crippen molar-refractivity contribution >= 4 is 28.8 Å². The van der Waals surface area contributed by atoms with Crippen molar-refractivity contribution in [1.82, 2.24) is 4.98 Å². The molecule has 5 nitrogen and oxygen atoms in total. The van der Waals surface area contributed by atoms with Crippen LogP contribution in [0.5, 0.6) is 5.75 Å². The summed E-state index contributed by atoms with van der Waals surface area (Å²) < 4.78 is 6.01. The molecule has 0 unspecified atom stereocenters. The molecule has 0 amide bonds. The first-order valence-electron chi connectivity index (χ1n) is 10.1. The lowest BCUT2D eigenvalue weighted by Crippen LogP contribution is -2.01. The Morgan fingerprint density at radius 3 is 2.55 bits per heavy atom. The molecule has 1 aliphatic heterocycles. The highest BCUT2D eigenvalue weighted by Gasteiger charge is 2.07. The fourth-order valence-corrected chi connectivity index (χ4v) is 3.45. The Hall–Kier alpha value is -4.12. The normalized spacial score (nSPS) is 13.1. The van der Waals surface area contributed by atoms with Crippen molar-refractivity contribution in [2.45, 2.75) is 6.61 Å². The zero-order valence-electron chi connectivity index (χ0n) is 16.8. The molecule has 0 saturated heterocycles. The molecule has 4 aromatic rings. The van der Waals surface area contributed by atoms with Gasteiger partial charge in [0.15, 0.2) is 0 Å². The van der Waals surface area contributed by atoms with Gasteiger partial charge in [-0.05, 0) is 46.7 Å². The predicted molar refractivity (Wildman–Crippen MR) is 124 cm³/mol. The number of nitrogens with zero attached hydrogens (tertiary/aromatic N) is 4. The molecular formula is C26H20N4O. The summed E-state index contributed by atoms with van der Waals surface area (Å²) in [5, 5.41) is 12.8. The van der Waals surface area contributed by atoms with Crippen LogP contribution in [0, 0.1) is 0 Å². The Bertz CT molecular complexity index is 1320. The molecule has 150 valence electrons. The van der Waals surface area contributed by atoms with Crippen LogP contribution in [0.3, 0.4) is 0 Å². The topological polar surface area (TPSA) is 59.2 Å². The summed E-state index contributed by atoms with van der Waals surface area (Å²) in [6, 6.07) is 26.5. The Kier molecular flexibility index (Phi) is 5.31. The van der Waals surface area contributed by atoms with E-state index in [1.807, 2.05) is 54.7 Å². The van der Waals surface area contributed by atoms with Crippen LogP contribution in [-0.4, -0.2) is 17.2 Å². The van der Waals surface area contributed by atoms with Gasteiger partial charge in [0.2, 0.25) is 0 Å². The van der Waals surface area contributed by atoms with Gasteiger partial charge >= 0.3 is 0 Å². The maximum Gasteiger partial charge on any atom is 0.120 e. The fraction of sp³-hybridized carbons (Fsp3) is 0.0769. The number of fused-ring (bicyclic) bond motifs is 1. The second-order valence-corrected chi connectivity index (χ2v) is 7.29.